The highest BCUT2D eigenvalue weighted by atomic mass is 32.2. The predicted molar refractivity (Wildman–Crippen MR) is 100 cm³/mol. The molecule has 0 saturated carbocycles. The lowest BCUT2D eigenvalue weighted by atomic mass is 9.94. The van der Waals surface area contributed by atoms with Crippen molar-refractivity contribution in [2.24, 2.45) is 4.99 Å². The minimum atomic E-state index is -0.0336. The standard InChI is InChI=1S/C18H26N4OS/c1-18(2,3)15-11-20-16(23-15)12-22-17(19-4)21-10-13-6-8-14(24-5)9-7-13/h6-9,11H,10,12H2,1-5H3,(H2,19,21,22). The molecule has 0 bridgehead atoms. The molecule has 0 saturated heterocycles. The molecule has 0 unspecified atom stereocenters. The number of hydrogen-bond donors (Lipinski definition) is 2. The molecule has 0 amide bonds. The average Bonchev–Trinajstić information content (AvgIpc) is 3.05. The number of aromatic nitrogens is 1. The summed E-state index contributed by atoms with van der Waals surface area (Å²) < 4.78 is 5.77. The maximum Gasteiger partial charge on any atom is 0.213 e. The highest BCUT2D eigenvalue weighted by Gasteiger charge is 2.19. The summed E-state index contributed by atoms with van der Waals surface area (Å²) in [6.45, 7) is 7.53. The lowest BCUT2D eigenvalue weighted by Gasteiger charge is -2.13. The average molecular weight is 347 g/mol. The second-order valence-corrected chi connectivity index (χ2v) is 7.38. The van der Waals surface area contributed by atoms with E-state index in [4.69, 9.17) is 4.42 Å². The molecule has 0 fully saturated rings. The summed E-state index contributed by atoms with van der Waals surface area (Å²) in [5, 5.41) is 6.51. The fourth-order valence-electron chi connectivity index (χ4n) is 2.05. The van der Waals surface area contributed by atoms with Crippen molar-refractivity contribution in [2.45, 2.75) is 44.2 Å². The summed E-state index contributed by atoms with van der Waals surface area (Å²) in [4.78, 5) is 9.80. The molecule has 0 aliphatic carbocycles. The number of thioether (sulfide) groups is 1. The number of nitrogens with one attached hydrogen (secondary N) is 2. The molecular formula is C18H26N4OS. The van der Waals surface area contributed by atoms with Crippen LogP contribution in [0.5, 0.6) is 0 Å². The van der Waals surface area contributed by atoms with Gasteiger partial charge in [-0.15, -0.1) is 11.8 Å². The van der Waals surface area contributed by atoms with E-state index < -0.39 is 0 Å². The number of hydrogen-bond acceptors (Lipinski definition) is 4. The molecule has 2 aromatic rings. The quantitative estimate of drug-likeness (QED) is 0.492. The van der Waals surface area contributed by atoms with E-state index >= 15 is 0 Å². The molecule has 1 aromatic heterocycles. The Kier molecular flexibility index (Phi) is 6.31. The molecule has 0 aliphatic rings. The zero-order valence-electron chi connectivity index (χ0n) is 15.0. The Labute approximate surface area is 148 Å². The molecular weight excluding hydrogens is 320 g/mol. The maximum absolute atomic E-state index is 5.77. The third-order valence-corrected chi connectivity index (χ3v) is 4.29. The summed E-state index contributed by atoms with van der Waals surface area (Å²) in [6.07, 6.45) is 3.87. The lowest BCUT2D eigenvalue weighted by Crippen LogP contribution is -2.36. The topological polar surface area (TPSA) is 62.5 Å². The Morgan fingerprint density at radius 1 is 1.17 bits per heavy atom. The molecule has 2 N–H and O–H groups in total. The summed E-state index contributed by atoms with van der Waals surface area (Å²) in [7, 11) is 1.75. The van der Waals surface area contributed by atoms with Gasteiger partial charge in [0.25, 0.3) is 0 Å². The van der Waals surface area contributed by atoms with Crippen molar-refractivity contribution >= 4 is 17.7 Å². The molecule has 0 radical (unpaired) electrons. The fraction of sp³-hybridized carbons (Fsp3) is 0.444. The van der Waals surface area contributed by atoms with Gasteiger partial charge in [0.2, 0.25) is 5.89 Å². The van der Waals surface area contributed by atoms with Gasteiger partial charge in [0, 0.05) is 23.9 Å². The molecule has 1 heterocycles. The minimum absolute atomic E-state index is 0.0336. The van der Waals surface area contributed by atoms with Crippen molar-refractivity contribution in [3.63, 3.8) is 0 Å². The van der Waals surface area contributed by atoms with Crippen LogP contribution in [0.25, 0.3) is 0 Å². The van der Waals surface area contributed by atoms with Gasteiger partial charge in [-0.05, 0) is 24.0 Å². The van der Waals surface area contributed by atoms with Crippen LogP contribution >= 0.6 is 11.8 Å². The smallest absolute Gasteiger partial charge is 0.213 e. The highest BCUT2D eigenvalue weighted by molar-refractivity contribution is 7.98. The Balaban J connectivity index is 1.85. The molecule has 130 valence electrons. The first kappa shape index (κ1) is 18.4. The van der Waals surface area contributed by atoms with Crippen molar-refractivity contribution in [3.05, 3.63) is 47.7 Å². The van der Waals surface area contributed by atoms with Crippen LogP contribution in [0.4, 0.5) is 0 Å². The van der Waals surface area contributed by atoms with Gasteiger partial charge in [0.05, 0.1) is 12.7 Å². The van der Waals surface area contributed by atoms with Gasteiger partial charge in [-0.3, -0.25) is 4.99 Å². The molecule has 0 spiro atoms. The van der Waals surface area contributed by atoms with Crippen LogP contribution in [0.2, 0.25) is 0 Å². The summed E-state index contributed by atoms with van der Waals surface area (Å²) in [5.74, 6) is 2.27. The maximum atomic E-state index is 5.77. The van der Waals surface area contributed by atoms with Crippen LogP contribution in [0.1, 0.15) is 38.0 Å². The Hall–Kier alpha value is -1.95. The van der Waals surface area contributed by atoms with E-state index in [0.29, 0.717) is 19.0 Å². The summed E-state index contributed by atoms with van der Waals surface area (Å²) >= 11 is 1.74. The molecule has 2 rings (SSSR count). The molecule has 5 nitrogen and oxygen atoms in total. The van der Waals surface area contributed by atoms with Gasteiger partial charge in [0.1, 0.15) is 5.76 Å². The normalized spacial score (nSPS) is 12.3. The van der Waals surface area contributed by atoms with Gasteiger partial charge in [-0.2, -0.15) is 0 Å². The third kappa shape index (κ3) is 5.30. The zero-order chi connectivity index (χ0) is 17.6. The number of benzene rings is 1. The third-order valence-electron chi connectivity index (χ3n) is 3.54. The number of guanidine groups is 1. The Bertz CT molecular complexity index is 671. The number of nitrogens with zero attached hydrogens (tertiary/aromatic N) is 2. The second-order valence-electron chi connectivity index (χ2n) is 6.50. The van der Waals surface area contributed by atoms with Crippen LogP contribution in [0.3, 0.4) is 0 Å². The van der Waals surface area contributed by atoms with Gasteiger partial charge >= 0.3 is 0 Å². The summed E-state index contributed by atoms with van der Waals surface area (Å²) in [6, 6.07) is 8.49. The zero-order valence-corrected chi connectivity index (χ0v) is 15.8. The highest BCUT2D eigenvalue weighted by Crippen LogP contribution is 2.22. The predicted octanol–water partition coefficient (Wildman–Crippen LogP) is 3.56. The van der Waals surface area contributed by atoms with Gasteiger partial charge < -0.3 is 15.1 Å². The van der Waals surface area contributed by atoms with E-state index in [0.717, 1.165) is 11.7 Å². The van der Waals surface area contributed by atoms with Crippen molar-refractivity contribution in [3.8, 4) is 0 Å². The fourth-order valence-corrected chi connectivity index (χ4v) is 2.46. The number of oxazole rings is 1. The SMILES string of the molecule is CN=C(NCc1ccc(SC)cc1)NCc1ncc(C(C)(C)C)o1. The molecule has 0 aliphatic heterocycles. The molecule has 6 heteroatoms. The van der Waals surface area contributed by atoms with E-state index in [-0.39, 0.29) is 5.41 Å². The van der Waals surface area contributed by atoms with Crippen LogP contribution in [0.15, 0.2) is 44.8 Å². The van der Waals surface area contributed by atoms with E-state index in [1.807, 2.05) is 0 Å². The second kappa shape index (κ2) is 8.24. The van der Waals surface area contributed by atoms with Crippen molar-refractivity contribution in [2.75, 3.05) is 13.3 Å². The molecule has 24 heavy (non-hydrogen) atoms. The largest absolute Gasteiger partial charge is 0.443 e. The Morgan fingerprint density at radius 3 is 2.38 bits per heavy atom. The lowest BCUT2D eigenvalue weighted by molar-refractivity contribution is 0.379. The van der Waals surface area contributed by atoms with Crippen LogP contribution < -0.4 is 10.6 Å². The van der Waals surface area contributed by atoms with E-state index in [2.05, 4.69) is 71.9 Å². The van der Waals surface area contributed by atoms with Gasteiger partial charge in [-0.1, -0.05) is 32.9 Å². The number of aliphatic imine (C=N–C) groups is 1. The number of rotatable bonds is 5. The van der Waals surface area contributed by atoms with Crippen molar-refractivity contribution in [1.29, 1.82) is 0 Å². The van der Waals surface area contributed by atoms with E-state index in [9.17, 15) is 0 Å². The molecule has 1 aromatic carbocycles. The minimum Gasteiger partial charge on any atom is -0.443 e. The first-order chi connectivity index (χ1) is 11.4. The van der Waals surface area contributed by atoms with Crippen molar-refractivity contribution in [1.82, 2.24) is 15.6 Å². The monoisotopic (exact) mass is 346 g/mol. The summed E-state index contributed by atoms with van der Waals surface area (Å²) in [5.41, 5.74) is 1.18. The van der Waals surface area contributed by atoms with Crippen LogP contribution in [-0.4, -0.2) is 24.2 Å². The van der Waals surface area contributed by atoms with Crippen LogP contribution in [0, 0.1) is 0 Å². The van der Waals surface area contributed by atoms with Gasteiger partial charge in [0.15, 0.2) is 5.96 Å². The Morgan fingerprint density at radius 2 is 1.83 bits per heavy atom. The van der Waals surface area contributed by atoms with E-state index in [1.54, 1.807) is 25.0 Å². The van der Waals surface area contributed by atoms with Crippen molar-refractivity contribution < 1.29 is 4.42 Å². The first-order valence-corrected chi connectivity index (χ1v) is 9.17. The van der Waals surface area contributed by atoms with Gasteiger partial charge in [-0.25, -0.2) is 4.98 Å². The molecule has 0 atom stereocenters. The van der Waals surface area contributed by atoms with Crippen LogP contribution in [-0.2, 0) is 18.5 Å². The van der Waals surface area contributed by atoms with E-state index in [1.165, 1.54) is 10.5 Å². The first-order valence-electron chi connectivity index (χ1n) is 7.95.